The Bertz CT molecular complexity index is 70.6. The molecule has 0 spiro atoms. The minimum Gasteiger partial charge on any atom is -0.0727 e. The van der Waals surface area contributed by atoms with Crippen LogP contribution in [0, 0.1) is 6.42 Å². The molecule has 0 nitrogen and oxygen atoms in total. The molecule has 0 N–H and O–H groups in total. The molecular formula is C6H9Br2. The van der Waals surface area contributed by atoms with E-state index < -0.39 is 0 Å². The van der Waals surface area contributed by atoms with Crippen molar-refractivity contribution < 1.29 is 0 Å². The topological polar surface area (TPSA) is 0 Å². The van der Waals surface area contributed by atoms with Gasteiger partial charge < -0.3 is 0 Å². The van der Waals surface area contributed by atoms with Crippen molar-refractivity contribution in [3.05, 3.63) is 6.42 Å². The van der Waals surface area contributed by atoms with Gasteiger partial charge in [-0.25, -0.2) is 0 Å². The van der Waals surface area contributed by atoms with Crippen LogP contribution in [0.3, 0.4) is 0 Å². The highest BCUT2D eigenvalue weighted by atomic mass is 79.9. The fourth-order valence-corrected chi connectivity index (χ4v) is 1.94. The molecule has 0 unspecified atom stereocenters. The van der Waals surface area contributed by atoms with Crippen LogP contribution >= 0.6 is 31.9 Å². The van der Waals surface area contributed by atoms with Crippen molar-refractivity contribution in [3.63, 3.8) is 0 Å². The van der Waals surface area contributed by atoms with Crippen molar-refractivity contribution in [2.75, 3.05) is 0 Å². The second-order valence-corrected chi connectivity index (χ2v) is 6.34. The van der Waals surface area contributed by atoms with Crippen LogP contribution in [-0.4, -0.2) is 3.23 Å². The standard InChI is InChI=1S/C6H9Br2/c7-6(8)4-2-1-3-5-6/h2H,1,3-5H2. The summed E-state index contributed by atoms with van der Waals surface area (Å²) in [6.45, 7) is 0. The maximum absolute atomic E-state index is 3.58. The monoisotopic (exact) mass is 239 g/mol. The Morgan fingerprint density at radius 3 is 2.38 bits per heavy atom. The molecule has 0 heterocycles. The first-order valence-electron chi connectivity index (χ1n) is 2.90. The zero-order chi connectivity index (χ0) is 6.04. The molecule has 0 aromatic heterocycles. The van der Waals surface area contributed by atoms with Crippen LogP contribution in [0.15, 0.2) is 0 Å². The van der Waals surface area contributed by atoms with E-state index in [1.165, 1.54) is 19.3 Å². The smallest absolute Gasteiger partial charge is 0.0727 e. The summed E-state index contributed by atoms with van der Waals surface area (Å²) in [6, 6.07) is 0. The molecule has 0 atom stereocenters. The zero-order valence-electron chi connectivity index (χ0n) is 4.66. The Morgan fingerprint density at radius 2 is 2.12 bits per heavy atom. The molecule has 1 aliphatic carbocycles. The molecule has 1 saturated carbocycles. The maximum Gasteiger partial charge on any atom is 0.0808 e. The van der Waals surface area contributed by atoms with Gasteiger partial charge in [0.2, 0.25) is 0 Å². The minimum atomic E-state index is 0.248. The highest BCUT2D eigenvalue weighted by molar-refractivity contribution is 9.25. The van der Waals surface area contributed by atoms with E-state index in [9.17, 15) is 0 Å². The highest BCUT2D eigenvalue weighted by Gasteiger charge is 2.24. The highest BCUT2D eigenvalue weighted by Crippen LogP contribution is 2.40. The van der Waals surface area contributed by atoms with Crippen LogP contribution in [0.1, 0.15) is 25.7 Å². The number of rotatable bonds is 0. The van der Waals surface area contributed by atoms with Gasteiger partial charge >= 0.3 is 0 Å². The third kappa shape index (κ3) is 2.06. The SMILES string of the molecule is BrC1(Br)C[CH]CCC1. The Hall–Kier alpha value is 0.960. The van der Waals surface area contributed by atoms with Crippen LogP contribution in [0.4, 0.5) is 0 Å². The third-order valence-electron chi connectivity index (χ3n) is 1.39. The number of halogens is 2. The molecule has 0 aromatic rings. The molecule has 1 aliphatic rings. The van der Waals surface area contributed by atoms with Gasteiger partial charge in [0.15, 0.2) is 0 Å². The predicted octanol–water partition coefficient (Wildman–Crippen LogP) is 3.25. The summed E-state index contributed by atoms with van der Waals surface area (Å²) in [5, 5.41) is 0. The molecule has 47 valence electrons. The van der Waals surface area contributed by atoms with Crippen molar-refractivity contribution in [1.82, 2.24) is 0 Å². The van der Waals surface area contributed by atoms with Gasteiger partial charge in [0, 0.05) is 0 Å². The van der Waals surface area contributed by atoms with E-state index in [0.29, 0.717) is 0 Å². The van der Waals surface area contributed by atoms with E-state index in [-0.39, 0.29) is 3.23 Å². The van der Waals surface area contributed by atoms with Crippen molar-refractivity contribution in [2.24, 2.45) is 0 Å². The molecule has 0 aromatic carbocycles. The zero-order valence-corrected chi connectivity index (χ0v) is 7.83. The summed E-state index contributed by atoms with van der Waals surface area (Å²) in [4.78, 5) is 0. The van der Waals surface area contributed by atoms with Crippen LogP contribution < -0.4 is 0 Å². The third-order valence-corrected chi connectivity index (χ3v) is 2.83. The van der Waals surface area contributed by atoms with Gasteiger partial charge in [-0.2, -0.15) is 0 Å². The molecule has 8 heavy (non-hydrogen) atoms. The molecule has 1 fully saturated rings. The van der Waals surface area contributed by atoms with Crippen LogP contribution in [-0.2, 0) is 0 Å². The van der Waals surface area contributed by atoms with Crippen LogP contribution in [0.2, 0.25) is 0 Å². The van der Waals surface area contributed by atoms with Crippen molar-refractivity contribution in [1.29, 1.82) is 0 Å². The molecule has 0 aliphatic heterocycles. The second-order valence-electron chi connectivity index (χ2n) is 2.24. The van der Waals surface area contributed by atoms with E-state index in [2.05, 4.69) is 38.3 Å². The fraction of sp³-hybridized carbons (Fsp3) is 0.833. The quantitative estimate of drug-likeness (QED) is 0.571. The van der Waals surface area contributed by atoms with Gasteiger partial charge in [-0.05, 0) is 19.3 Å². The molecular weight excluding hydrogens is 232 g/mol. The summed E-state index contributed by atoms with van der Waals surface area (Å²) in [5.41, 5.74) is 0. The van der Waals surface area contributed by atoms with E-state index >= 15 is 0 Å². The van der Waals surface area contributed by atoms with Crippen molar-refractivity contribution in [3.8, 4) is 0 Å². The Labute approximate surface area is 67.3 Å². The predicted molar refractivity (Wildman–Crippen MR) is 43.4 cm³/mol. The minimum absolute atomic E-state index is 0.248. The van der Waals surface area contributed by atoms with Gasteiger partial charge in [0.05, 0.1) is 3.23 Å². The lowest BCUT2D eigenvalue weighted by Gasteiger charge is -2.24. The summed E-state index contributed by atoms with van der Waals surface area (Å²) >= 11 is 7.16. The first-order chi connectivity index (χ1) is 3.71. The summed E-state index contributed by atoms with van der Waals surface area (Å²) in [7, 11) is 0. The summed E-state index contributed by atoms with van der Waals surface area (Å²) in [5.74, 6) is 0. The molecule has 0 bridgehead atoms. The Morgan fingerprint density at radius 1 is 1.38 bits per heavy atom. The summed E-state index contributed by atoms with van der Waals surface area (Å²) < 4.78 is 0.248. The maximum atomic E-state index is 3.58. The van der Waals surface area contributed by atoms with E-state index in [1.54, 1.807) is 0 Å². The van der Waals surface area contributed by atoms with E-state index in [4.69, 9.17) is 0 Å². The van der Waals surface area contributed by atoms with Crippen LogP contribution in [0.5, 0.6) is 0 Å². The molecule has 2 heteroatoms. The molecule has 0 amide bonds. The second kappa shape index (κ2) is 2.70. The van der Waals surface area contributed by atoms with Gasteiger partial charge in [-0.1, -0.05) is 44.7 Å². The molecule has 1 radical (unpaired) electrons. The number of alkyl halides is 2. The fourth-order valence-electron chi connectivity index (χ4n) is 0.920. The van der Waals surface area contributed by atoms with E-state index in [1.807, 2.05) is 0 Å². The van der Waals surface area contributed by atoms with E-state index in [0.717, 1.165) is 6.42 Å². The first kappa shape index (κ1) is 7.07. The van der Waals surface area contributed by atoms with Crippen molar-refractivity contribution in [2.45, 2.75) is 28.9 Å². The first-order valence-corrected chi connectivity index (χ1v) is 4.49. The van der Waals surface area contributed by atoms with Crippen molar-refractivity contribution >= 4 is 31.9 Å². The Balaban J connectivity index is 2.33. The van der Waals surface area contributed by atoms with Gasteiger partial charge in [-0.15, -0.1) is 0 Å². The van der Waals surface area contributed by atoms with Gasteiger partial charge in [-0.3, -0.25) is 0 Å². The average Bonchev–Trinajstić information content (AvgIpc) is 1.65. The largest absolute Gasteiger partial charge is 0.0808 e. The molecule has 0 saturated heterocycles. The lowest BCUT2D eigenvalue weighted by molar-refractivity contribution is 0.591. The average molecular weight is 241 g/mol. The normalized spacial score (nSPS) is 27.8. The lowest BCUT2D eigenvalue weighted by Crippen LogP contribution is -2.15. The van der Waals surface area contributed by atoms with Crippen LogP contribution in [0.25, 0.3) is 0 Å². The lowest BCUT2D eigenvalue weighted by atomic mass is 10.0. The van der Waals surface area contributed by atoms with Gasteiger partial charge in [0.1, 0.15) is 0 Å². The summed E-state index contributed by atoms with van der Waals surface area (Å²) in [6.07, 6.45) is 7.35. The number of hydrogen-bond acceptors (Lipinski definition) is 0. The molecule has 1 rings (SSSR count). The van der Waals surface area contributed by atoms with Gasteiger partial charge in [0.25, 0.3) is 0 Å². The number of hydrogen-bond donors (Lipinski definition) is 0. The Kier molecular flexibility index (Phi) is 2.38.